The molecule has 0 fully saturated rings. The zero-order chi connectivity index (χ0) is 15.0. The number of ether oxygens (including phenoxy) is 1. The highest BCUT2D eigenvalue weighted by Crippen LogP contribution is 2.30. The summed E-state index contributed by atoms with van der Waals surface area (Å²) in [6.45, 7) is 3.63. The maximum absolute atomic E-state index is 12.2. The van der Waals surface area contributed by atoms with Crippen molar-refractivity contribution in [2.75, 3.05) is 6.61 Å². The Morgan fingerprint density at radius 3 is 2.45 bits per heavy atom. The predicted molar refractivity (Wildman–Crippen MR) is 76.3 cm³/mol. The third-order valence-electron chi connectivity index (χ3n) is 3.13. The van der Waals surface area contributed by atoms with Crippen molar-refractivity contribution >= 4 is 11.9 Å². The van der Waals surface area contributed by atoms with Crippen LogP contribution in [0, 0.1) is 5.41 Å². The Bertz CT molecular complexity index is 479. The molecule has 20 heavy (non-hydrogen) atoms. The van der Waals surface area contributed by atoms with Gasteiger partial charge >= 0.3 is 11.9 Å². The van der Waals surface area contributed by atoms with Gasteiger partial charge in [0.1, 0.15) is 0 Å². The molecule has 0 radical (unpaired) electrons. The van der Waals surface area contributed by atoms with Crippen molar-refractivity contribution in [2.45, 2.75) is 26.7 Å². The summed E-state index contributed by atoms with van der Waals surface area (Å²) in [7, 11) is 0. The smallest absolute Gasteiger partial charge is 0.324 e. The van der Waals surface area contributed by atoms with Gasteiger partial charge in [-0.25, -0.2) is 0 Å². The second-order valence-electron chi connectivity index (χ2n) is 4.54. The maximum Gasteiger partial charge on any atom is 0.324 e. The van der Waals surface area contributed by atoms with Crippen LogP contribution in [0.25, 0.3) is 0 Å². The first-order valence-electron chi connectivity index (χ1n) is 6.62. The SMILES string of the molecule is C/C=C/CC(Cc1ccccc1)(C(=O)O)C(=O)OCC. The van der Waals surface area contributed by atoms with Crippen LogP contribution in [0.4, 0.5) is 0 Å². The Kier molecular flexibility index (Phi) is 5.97. The van der Waals surface area contributed by atoms with Crippen LogP contribution in [0.15, 0.2) is 42.5 Å². The summed E-state index contributed by atoms with van der Waals surface area (Å²) in [5.74, 6) is -1.84. The van der Waals surface area contributed by atoms with E-state index in [1.807, 2.05) is 30.3 Å². The topological polar surface area (TPSA) is 63.6 Å². The molecule has 1 aromatic carbocycles. The van der Waals surface area contributed by atoms with Crippen LogP contribution >= 0.6 is 0 Å². The largest absolute Gasteiger partial charge is 0.480 e. The van der Waals surface area contributed by atoms with Crippen molar-refractivity contribution in [2.24, 2.45) is 5.41 Å². The highest BCUT2D eigenvalue weighted by Gasteiger charge is 2.46. The van der Waals surface area contributed by atoms with Gasteiger partial charge in [0.05, 0.1) is 6.61 Å². The molecule has 4 heteroatoms. The van der Waals surface area contributed by atoms with Crippen LogP contribution in [0.3, 0.4) is 0 Å². The van der Waals surface area contributed by atoms with Gasteiger partial charge in [-0.2, -0.15) is 0 Å². The number of esters is 1. The lowest BCUT2D eigenvalue weighted by molar-refractivity contribution is -0.168. The lowest BCUT2D eigenvalue weighted by Gasteiger charge is -2.26. The summed E-state index contributed by atoms with van der Waals surface area (Å²) >= 11 is 0. The van der Waals surface area contributed by atoms with Crippen LogP contribution < -0.4 is 0 Å². The van der Waals surface area contributed by atoms with Gasteiger partial charge in [-0.3, -0.25) is 9.59 Å². The molecule has 1 N–H and O–H groups in total. The minimum absolute atomic E-state index is 0.117. The Morgan fingerprint density at radius 1 is 1.30 bits per heavy atom. The fraction of sp³-hybridized carbons (Fsp3) is 0.375. The lowest BCUT2D eigenvalue weighted by Crippen LogP contribution is -2.42. The number of rotatable bonds is 7. The van der Waals surface area contributed by atoms with E-state index < -0.39 is 17.4 Å². The van der Waals surface area contributed by atoms with Gasteiger partial charge in [0.2, 0.25) is 0 Å². The lowest BCUT2D eigenvalue weighted by atomic mass is 9.78. The molecule has 0 aromatic heterocycles. The molecule has 0 aliphatic rings. The van der Waals surface area contributed by atoms with Gasteiger partial charge in [0, 0.05) is 0 Å². The monoisotopic (exact) mass is 276 g/mol. The number of carbonyl (C=O) groups excluding carboxylic acids is 1. The van der Waals surface area contributed by atoms with Gasteiger partial charge in [-0.05, 0) is 32.3 Å². The molecule has 1 unspecified atom stereocenters. The highest BCUT2D eigenvalue weighted by molar-refractivity contribution is 5.99. The van der Waals surface area contributed by atoms with E-state index in [0.29, 0.717) is 0 Å². The molecule has 0 bridgehead atoms. The number of carbonyl (C=O) groups is 2. The van der Waals surface area contributed by atoms with E-state index in [0.717, 1.165) is 5.56 Å². The number of hydrogen-bond acceptors (Lipinski definition) is 3. The molecule has 0 aliphatic carbocycles. The van der Waals surface area contributed by atoms with Gasteiger partial charge in [-0.15, -0.1) is 0 Å². The van der Waals surface area contributed by atoms with Crippen LogP contribution in [-0.4, -0.2) is 23.7 Å². The molecule has 108 valence electrons. The Hall–Kier alpha value is -2.10. The van der Waals surface area contributed by atoms with Crippen molar-refractivity contribution in [1.82, 2.24) is 0 Å². The number of allylic oxidation sites excluding steroid dienone is 2. The molecular formula is C16H20O4. The number of benzene rings is 1. The predicted octanol–water partition coefficient (Wildman–Crippen LogP) is 2.83. The molecule has 4 nitrogen and oxygen atoms in total. The van der Waals surface area contributed by atoms with Crippen molar-refractivity contribution in [3.8, 4) is 0 Å². The maximum atomic E-state index is 12.2. The number of carboxylic acid groups (broad SMARTS) is 1. The van der Waals surface area contributed by atoms with Crippen LogP contribution in [0.2, 0.25) is 0 Å². The van der Waals surface area contributed by atoms with Gasteiger partial charge in [0.15, 0.2) is 5.41 Å². The fourth-order valence-corrected chi connectivity index (χ4v) is 2.01. The van der Waals surface area contributed by atoms with E-state index >= 15 is 0 Å². The summed E-state index contributed by atoms with van der Waals surface area (Å²) in [5.41, 5.74) is -0.767. The van der Waals surface area contributed by atoms with Gasteiger partial charge < -0.3 is 9.84 Å². The average Bonchev–Trinajstić information content (AvgIpc) is 2.44. The Labute approximate surface area is 119 Å². The molecule has 0 saturated heterocycles. The summed E-state index contributed by atoms with van der Waals surface area (Å²) in [6.07, 6.45) is 3.66. The first-order valence-corrected chi connectivity index (χ1v) is 6.62. The quantitative estimate of drug-likeness (QED) is 0.472. The molecular weight excluding hydrogens is 256 g/mol. The summed E-state index contributed by atoms with van der Waals surface area (Å²) in [4.78, 5) is 23.9. The third kappa shape index (κ3) is 3.70. The molecule has 1 atom stereocenters. The molecule has 0 amide bonds. The third-order valence-corrected chi connectivity index (χ3v) is 3.13. The van der Waals surface area contributed by atoms with Crippen molar-refractivity contribution in [3.05, 3.63) is 48.0 Å². The van der Waals surface area contributed by atoms with Crippen molar-refractivity contribution in [1.29, 1.82) is 0 Å². The first-order chi connectivity index (χ1) is 9.56. The zero-order valence-electron chi connectivity index (χ0n) is 11.8. The minimum Gasteiger partial charge on any atom is -0.480 e. The van der Waals surface area contributed by atoms with Gasteiger partial charge in [0.25, 0.3) is 0 Å². The van der Waals surface area contributed by atoms with E-state index in [-0.39, 0.29) is 19.4 Å². The second-order valence-corrected chi connectivity index (χ2v) is 4.54. The van der Waals surface area contributed by atoms with E-state index in [1.54, 1.807) is 26.0 Å². The summed E-state index contributed by atoms with van der Waals surface area (Å²) in [6, 6.07) is 9.12. The fourth-order valence-electron chi connectivity index (χ4n) is 2.01. The standard InChI is InChI=1S/C16H20O4/c1-3-5-11-16(14(17)18,15(19)20-4-2)12-13-9-7-6-8-10-13/h3,5-10H,4,11-12H2,1-2H3,(H,17,18)/b5-3+. The molecule has 0 saturated carbocycles. The molecule has 0 heterocycles. The summed E-state index contributed by atoms with van der Waals surface area (Å²) < 4.78 is 4.98. The first kappa shape index (κ1) is 16.0. The zero-order valence-corrected chi connectivity index (χ0v) is 11.8. The molecule has 1 rings (SSSR count). The highest BCUT2D eigenvalue weighted by atomic mass is 16.5. The van der Waals surface area contributed by atoms with Crippen LogP contribution in [-0.2, 0) is 20.7 Å². The van der Waals surface area contributed by atoms with Crippen molar-refractivity contribution < 1.29 is 19.4 Å². The number of aliphatic carboxylic acids is 1. The van der Waals surface area contributed by atoms with E-state index in [1.165, 1.54) is 0 Å². The molecule has 1 aromatic rings. The van der Waals surface area contributed by atoms with Crippen molar-refractivity contribution in [3.63, 3.8) is 0 Å². The van der Waals surface area contributed by atoms with Crippen LogP contribution in [0.5, 0.6) is 0 Å². The van der Waals surface area contributed by atoms with Gasteiger partial charge in [-0.1, -0.05) is 42.5 Å². The summed E-state index contributed by atoms with van der Waals surface area (Å²) in [5, 5.41) is 9.57. The number of carboxylic acids is 1. The molecule has 0 spiro atoms. The Morgan fingerprint density at radius 2 is 1.95 bits per heavy atom. The normalized spacial score (nSPS) is 13.9. The van der Waals surface area contributed by atoms with E-state index in [4.69, 9.17) is 4.74 Å². The van der Waals surface area contributed by atoms with E-state index in [2.05, 4.69) is 0 Å². The molecule has 0 aliphatic heterocycles. The Balaban J connectivity index is 3.15. The van der Waals surface area contributed by atoms with E-state index in [9.17, 15) is 14.7 Å². The minimum atomic E-state index is -1.57. The van der Waals surface area contributed by atoms with Crippen LogP contribution in [0.1, 0.15) is 25.8 Å². The second kappa shape index (κ2) is 7.48. The number of hydrogen-bond donors (Lipinski definition) is 1. The average molecular weight is 276 g/mol.